The van der Waals surface area contributed by atoms with Crippen molar-refractivity contribution in [3.8, 4) is 11.5 Å². The van der Waals surface area contributed by atoms with E-state index in [0.29, 0.717) is 24.1 Å². The number of rotatable bonds is 8. The standard InChI is InChI=1S/C22H23F2NO5S/c1-29-20-14-15(6-12-19(20)30-22(23)24)7-13-21(26)25-16-8-10-18(11-9-16)31(27,28)17-4-2-3-5-17/h6-14,17,22H,2-5H2,1H3,(H,25,26)/b13-7+. The van der Waals surface area contributed by atoms with E-state index in [9.17, 15) is 22.0 Å². The summed E-state index contributed by atoms with van der Waals surface area (Å²) in [5.74, 6) is -0.424. The maximum absolute atomic E-state index is 12.6. The predicted octanol–water partition coefficient (Wildman–Crippen LogP) is 4.66. The summed E-state index contributed by atoms with van der Waals surface area (Å²) in [5, 5.41) is 2.32. The molecule has 1 amide bonds. The lowest BCUT2D eigenvalue weighted by atomic mass is 10.2. The zero-order valence-corrected chi connectivity index (χ0v) is 17.7. The number of sulfone groups is 1. The molecule has 3 rings (SSSR count). The fourth-order valence-electron chi connectivity index (χ4n) is 3.46. The number of hydrogen-bond acceptors (Lipinski definition) is 5. The Morgan fingerprint density at radius 1 is 1.10 bits per heavy atom. The summed E-state index contributed by atoms with van der Waals surface area (Å²) in [6, 6.07) is 10.4. The second kappa shape index (κ2) is 9.91. The fraction of sp³-hybridized carbons (Fsp3) is 0.318. The Balaban J connectivity index is 1.63. The van der Waals surface area contributed by atoms with Gasteiger partial charge in [-0.3, -0.25) is 4.79 Å². The molecule has 166 valence electrons. The van der Waals surface area contributed by atoms with E-state index >= 15 is 0 Å². The Morgan fingerprint density at radius 2 is 1.77 bits per heavy atom. The van der Waals surface area contributed by atoms with Gasteiger partial charge in [0.25, 0.3) is 0 Å². The van der Waals surface area contributed by atoms with Crippen LogP contribution in [-0.2, 0) is 14.6 Å². The average molecular weight is 451 g/mol. The maximum atomic E-state index is 12.6. The van der Waals surface area contributed by atoms with E-state index in [-0.39, 0.29) is 21.6 Å². The molecule has 1 fully saturated rings. The van der Waals surface area contributed by atoms with E-state index < -0.39 is 22.4 Å². The maximum Gasteiger partial charge on any atom is 0.387 e. The van der Waals surface area contributed by atoms with E-state index in [1.165, 1.54) is 49.6 Å². The molecule has 0 radical (unpaired) electrons. The number of benzene rings is 2. The highest BCUT2D eigenvalue weighted by Gasteiger charge is 2.30. The molecule has 0 spiro atoms. The van der Waals surface area contributed by atoms with Crippen LogP contribution in [0, 0.1) is 0 Å². The number of halogens is 2. The van der Waals surface area contributed by atoms with Gasteiger partial charge >= 0.3 is 6.61 Å². The number of hydrogen-bond donors (Lipinski definition) is 1. The predicted molar refractivity (Wildman–Crippen MR) is 113 cm³/mol. The first kappa shape index (κ1) is 22.7. The summed E-state index contributed by atoms with van der Waals surface area (Å²) in [5.41, 5.74) is 1.00. The largest absolute Gasteiger partial charge is 0.493 e. The minimum atomic E-state index is -3.34. The van der Waals surface area contributed by atoms with Gasteiger partial charge in [0, 0.05) is 11.8 Å². The molecule has 0 unspecified atom stereocenters. The van der Waals surface area contributed by atoms with Crippen molar-refractivity contribution < 1.29 is 31.5 Å². The first-order valence-corrected chi connectivity index (χ1v) is 11.3. The molecule has 1 saturated carbocycles. The molecule has 0 aromatic heterocycles. The number of carbonyl (C=O) groups is 1. The van der Waals surface area contributed by atoms with Crippen LogP contribution in [0.3, 0.4) is 0 Å². The van der Waals surface area contributed by atoms with Crippen LogP contribution in [0.25, 0.3) is 6.08 Å². The van der Waals surface area contributed by atoms with E-state index in [1.807, 2.05) is 0 Å². The van der Waals surface area contributed by atoms with Crippen LogP contribution in [0.4, 0.5) is 14.5 Å². The zero-order chi connectivity index (χ0) is 22.4. The van der Waals surface area contributed by atoms with Gasteiger partial charge in [-0.25, -0.2) is 8.42 Å². The lowest BCUT2D eigenvalue weighted by molar-refractivity contribution is -0.111. The molecule has 0 saturated heterocycles. The Hall–Kier alpha value is -2.94. The fourth-order valence-corrected chi connectivity index (χ4v) is 5.31. The number of amides is 1. The molecule has 9 heteroatoms. The van der Waals surface area contributed by atoms with Gasteiger partial charge in [0.2, 0.25) is 5.91 Å². The monoisotopic (exact) mass is 451 g/mol. The van der Waals surface area contributed by atoms with Crippen LogP contribution >= 0.6 is 0 Å². The van der Waals surface area contributed by atoms with Crippen molar-refractivity contribution in [2.75, 3.05) is 12.4 Å². The topological polar surface area (TPSA) is 81.7 Å². The van der Waals surface area contributed by atoms with Gasteiger partial charge in [0.15, 0.2) is 21.3 Å². The highest BCUT2D eigenvalue weighted by atomic mass is 32.2. The number of nitrogens with one attached hydrogen (secondary N) is 1. The Kier molecular flexibility index (Phi) is 7.27. The van der Waals surface area contributed by atoms with Gasteiger partial charge in [0.1, 0.15) is 0 Å². The quantitative estimate of drug-likeness (QED) is 0.590. The lowest BCUT2D eigenvalue weighted by Gasteiger charge is -2.11. The summed E-state index contributed by atoms with van der Waals surface area (Å²) in [6.07, 6.45) is 5.99. The highest BCUT2D eigenvalue weighted by molar-refractivity contribution is 7.92. The summed E-state index contributed by atoms with van der Waals surface area (Å²) >= 11 is 0. The van der Waals surface area contributed by atoms with Crippen LogP contribution in [0.2, 0.25) is 0 Å². The zero-order valence-electron chi connectivity index (χ0n) is 16.9. The van der Waals surface area contributed by atoms with Gasteiger partial charge < -0.3 is 14.8 Å². The van der Waals surface area contributed by atoms with E-state index in [2.05, 4.69) is 10.1 Å². The van der Waals surface area contributed by atoms with Gasteiger partial charge in [0.05, 0.1) is 17.3 Å². The Morgan fingerprint density at radius 3 is 2.39 bits per heavy atom. The summed E-state index contributed by atoms with van der Waals surface area (Å²) < 4.78 is 59.4. The normalized spacial score (nSPS) is 14.8. The Bertz CT molecular complexity index is 1050. The molecule has 0 heterocycles. The molecule has 1 N–H and O–H groups in total. The molecule has 0 bridgehead atoms. The van der Waals surface area contributed by atoms with E-state index in [4.69, 9.17) is 4.74 Å². The van der Waals surface area contributed by atoms with Crippen LogP contribution in [0.1, 0.15) is 31.2 Å². The second-order valence-corrected chi connectivity index (χ2v) is 9.32. The highest BCUT2D eigenvalue weighted by Crippen LogP contribution is 2.31. The SMILES string of the molecule is COc1cc(/C=C/C(=O)Nc2ccc(S(=O)(=O)C3CCCC3)cc2)ccc1OC(F)F. The molecule has 0 atom stereocenters. The van der Waals surface area contributed by atoms with Gasteiger partial charge in [-0.2, -0.15) is 8.78 Å². The molecular weight excluding hydrogens is 428 g/mol. The molecule has 6 nitrogen and oxygen atoms in total. The first-order chi connectivity index (χ1) is 14.8. The number of alkyl halides is 2. The minimum absolute atomic E-state index is 0.105. The Labute approximate surface area is 179 Å². The van der Waals surface area contributed by atoms with Crippen LogP contribution in [0.5, 0.6) is 11.5 Å². The number of methoxy groups -OCH3 is 1. The molecule has 0 aliphatic heterocycles. The minimum Gasteiger partial charge on any atom is -0.493 e. The number of carbonyl (C=O) groups excluding carboxylic acids is 1. The van der Waals surface area contributed by atoms with Crippen LogP contribution in [-0.4, -0.2) is 33.3 Å². The third kappa shape index (κ3) is 5.81. The van der Waals surface area contributed by atoms with Gasteiger partial charge in [-0.1, -0.05) is 18.9 Å². The molecular formula is C22H23F2NO5S. The van der Waals surface area contributed by atoms with Crippen molar-refractivity contribution in [3.05, 3.63) is 54.1 Å². The molecule has 2 aromatic rings. The van der Waals surface area contributed by atoms with Crippen LogP contribution in [0.15, 0.2) is 53.4 Å². The van der Waals surface area contributed by atoms with Crippen molar-refractivity contribution >= 4 is 27.5 Å². The van der Waals surface area contributed by atoms with Crippen molar-refractivity contribution in [1.82, 2.24) is 0 Å². The third-order valence-electron chi connectivity index (χ3n) is 5.02. The van der Waals surface area contributed by atoms with Crippen molar-refractivity contribution in [1.29, 1.82) is 0 Å². The van der Waals surface area contributed by atoms with E-state index in [1.54, 1.807) is 12.1 Å². The van der Waals surface area contributed by atoms with Crippen molar-refractivity contribution in [2.45, 2.75) is 42.4 Å². The van der Waals surface area contributed by atoms with Crippen molar-refractivity contribution in [3.63, 3.8) is 0 Å². The summed E-state index contributed by atoms with van der Waals surface area (Å²) in [4.78, 5) is 12.4. The first-order valence-electron chi connectivity index (χ1n) is 9.75. The molecule has 1 aliphatic rings. The average Bonchev–Trinajstić information content (AvgIpc) is 3.29. The second-order valence-electron chi connectivity index (χ2n) is 7.09. The van der Waals surface area contributed by atoms with Crippen LogP contribution < -0.4 is 14.8 Å². The number of anilines is 1. The van der Waals surface area contributed by atoms with Gasteiger partial charge in [-0.05, 0) is 60.9 Å². The number of ether oxygens (including phenoxy) is 2. The molecule has 2 aromatic carbocycles. The summed E-state index contributed by atoms with van der Waals surface area (Å²) in [7, 11) is -2.02. The lowest BCUT2D eigenvalue weighted by Crippen LogP contribution is -2.17. The summed E-state index contributed by atoms with van der Waals surface area (Å²) in [6.45, 7) is -2.97. The third-order valence-corrected chi connectivity index (χ3v) is 7.30. The molecule has 31 heavy (non-hydrogen) atoms. The van der Waals surface area contributed by atoms with Crippen molar-refractivity contribution in [2.24, 2.45) is 0 Å². The van der Waals surface area contributed by atoms with Gasteiger partial charge in [-0.15, -0.1) is 0 Å². The smallest absolute Gasteiger partial charge is 0.387 e. The van der Waals surface area contributed by atoms with E-state index in [0.717, 1.165) is 12.8 Å². The molecule has 1 aliphatic carbocycles.